The molecule has 0 aliphatic rings. The lowest BCUT2D eigenvalue weighted by Crippen LogP contribution is -2.29. The van der Waals surface area contributed by atoms with Crippen LogP contribution >= 0.6 is 11.3 Å². The highest BCUT2D eigenvalue weighted by molar-refractivity contribution is 7.09. The number of anilines is 2. The second kappa shape index (κ2) is 5.09. The maximum absolute atomic E-state index is 5.75. The first-order chi connectivity index (χ1) is 10.0. The molecule has 21 heavy (non-hydrogen) atoms. The van der Waals surface area contributed by atoms with Crippen molar-refractivity contribution in [2.75, 3.05) is 11.1 Å². The minimum absolute atomic E-state index is 0.145. The molecule has 0 aliphatic heterocycles. The lowest BCUT2D eigenvalue weighted by Gasteiger charge is -2.23. The third kappa shape index (κ3) is 2.82. The summed E-state index contributed by atoms with van der Waals surface area (Å²) in [5.41, 5.74) is 5.35. The largest absolute Gasteiger partial charge is 0.368 e. The molecule has 3 aromatic rings. The van der Waals surface area contributed by atoms with E-state index in [0.29, 0.717) is 11.9 Å². The zero-order valence-corrected chi connectivity index (χ0v) is 12.4. The lowest BCUT2D eigenvalue weighted by molar-refractivity contribution is 0.596. The average molecular weight is 302 g/mol. The second-order valence-electron chi connectivity index (χ2n) is 4.87. The van der Waals surface area contributed by atoms with Crippen LogP contribution in [0.15, 0.2) is 30.3 Å². The van der Waals surface area contributed by atoms with Crippen molar-refractivity contribution in [2.24, 2.45) is 0 Å². The van der Waals surface area contributed by atoms with Crippen LogP contribution in [0, 0.1) is 0 Å². The molecule has 0 amide bonds. The Morgan fingerprint density at radius 1 is 1.24 bits per heavy atom. The fraction of sp³-hybridized carbons (Fsp3) is 0.250. The third-order valence-electron chi connectivity index (χ3n) is 2.77. The van der Waals surface area contributed by atoms with Crippen LogP contribution in [0.5, 0.6) is 0 Å². The molecule has 0 radical (unpaired) electrons. The molecule has 0 spiro atoms. The third-order valence-corrected chi connectivity index (χ3v) is 3.86. The number of thiazole rings is 1. The van der Waals surface area contributed by atoms with E-state index in [0.717, 1.165) is 5.01 Å². The van der Waals surface area contributed by atoms with E-state index in [9.17, 15) is 0 Å². The van der Waals surface area contributed by atoms with Crippen LogP contribution in [-0.2, 0) is 5.54 Å². The molecule has 0 aliphatic carbocycles. The highest BCUT2D eigenvalue weighted by Crippen LogP contribution is 2.25. The van der Waals surface area contributed by atoms with E-state index < -0.39 is 5.54 Å². The standard InChI is InChI=1S/C12H14N8S/c1-12(2,8-15-4-6-21-8)19-10-16-9(13)17-11(18-10)20-5-3-14-7-20/h3-7H,1-2H3,(H3,13,16,17,18,19). The smallest absolute Gasteiger partial charge is 0.241 e. The van der Waals surface area contributed by atoms with E-state index in [2.05, 4.69) is 30.2 Å². The SMILES string of the molecule is CC(C)(Nc1nc(N)nc(-n2ccnc2)n1)c1nccs1. The highest BCUT2D eigenvalue weighted by Gasteiger charge is 2.24. The summed E-state index contributed by atoms with van der Waals surface area (Å²) in [6.45, 7) is 4.01. The number of nitrogen functional groups attached to an aromatic ring is 1. The number of hydrogen-bond acceptors (Lipinski definition) is 8. The zero-order valence-electron chi connectivity index (χ0n) is 11.6. The normalized spacial score (nSPS) is 11.5. The van der Waals surface area contributed by atoms with Crippen LogP contribution in [0.1, 0.15) is 18.9 Å². The van der Waals surface area contributed by atoms with E-state index in [1.54, 1.807) is 40.8 Å². The fourth-order valence-electron chi connectivity index (χ4n) is 1.79. The minimum Gasteiger partial charge on any atom is -0.368 e. The van der Waals surface area contributed by atoms with Gasteiger partial charge in [0.1, 0.15) is 11.3 Å². The van der Waals surface area contributed by atoms with Crippen LogP contribution in [-0.4, -0.2) is 29.5 Å². The Balaban J connectivity index is 1.93. The molecule has 3 rings (SSSR count). The molecule has 0 atom stereocenters. The van der Waals surface area contributed by atoms with Crippen LogP contribution in [0.25, 0.3) is 5.95 Å². The van der Waals surface area contributed by atoms with E-state index in [1.165, 1.54) is 0 Å². The van der Waals surface area contributed by atoms with Crippen molar-refractivity contribution in [3.63, 3.8) is 0 Å². The summed E-state index contributed by atoms with van der Waals surface area (Å²) < 4.78 is 1.67. The summed E-state index contributed by atoms with van der Waals surface area (Å²) in [4.78, 5) is 20.9. The Morgan fingerprint density at radius 3 is 2.76 bits per heavy atom. The Labute approximate surface area is 125 Å². The molecule has 3 heterocycles. The number of nitrogens with one attached hydrogen (secondary N) is 1. The Kier molecular flexibility index (Phi) is 3.26. The van der Waals surface area contributed by atoms with Crippen molar-refractivity contribution in [1.82, 2.24) is 29.5 Å². The van der Waals surface area contributed by atoms with Crippen molar-refractivity contribution in [2.45, 2.75) is 19.4 Å². The molecule has 0 saturated carbocycles. The van der Waals surface area contributed by atoms with Gasteiger partial charge in [-0.15, -0.1) is 11.3 Å². The van der Waals surface area contributed by atoms with E-state index in [4.69, 9.17) is 5.73 Å². The summed E-state index contributed by atoms with van der Waals surface area (Å²) in [7, 11) is 0. The first-order valence-electron chi connectivity index (χ1n) is 6.23. The van der Waals surface area contributed by atoms with Crippen molar-refractivity contribution in [3.8, 4) is 5.95 Å². The van der Waals surface area contributed by atoms with Crippen molar-refractivity contribution < 1.29 is 0 Å². The summed E-state index contributed by atoms with van der Waals surface area (Å²) in [6.07, 6.45) is 6.75. The van der Waals surface area contributed by atoms with Gasteiger partial charge < -0.3 is 11.1 Å². The first-order valence-corrected chi connectivity index (χ1v) is 7.10. The van der Waals surface area contributed by atoms with Gasteiger partial charge in [-0.25, -0.2) is 9.97 Å². The van der Waals surface area contributed by atoms with Crippen LogP contribution in [0.3, 0.4) is 0 Å². The summed E-state index contributed by atoms with van der Waals surface area (Å²) in [5.74, 6) is 0.954. The van der Waals surface area contributed by atoms with Gasteiger partial charge in [-0.05, 0) is 13.8 Å². The molecular formula is C12H14N8S. The van der Waals surface area contributed by atoms with Crippen LogP contribution < -0.4 is 11.1 Å². The minimum atomic E-state index is -0.409. The predicted octanol–water partition coefficient (Wildman–Crippen LogP) is 1.44. The second-order valence-corrected chi connectivity index (χ2v) is 5.77. The van der Waals surface area contributed by atoms with E-state index in [-0.39, 0.29) is 5.95 Å². The van der Waals surface area contributed by atoms with Gasteiger partial charge in [-0.2, -0.15) is 15.0 Å². The van der Waals surface area contributed by atoms with E-state index in [1.807, 2.05) is 19.2 Å². The fourth-order valence-corrected chi connectivity index (χ4v) is 2.51. The molecule has 3 aromatic heterocycles. The maximum Gasteiger partial charge on any atom is 0.241 e. The topological polar surface area (TPSA) is 107 Å². The van der Waals surface area contributed by atoms with Gasteiger partial charge in [0.25, 0.3) is 0 Å². The Hall–Kier alpha value is -2.55. The Morgan fingerprint density at radius 2 is 2.10 bits per heavy atom. The molecule has 0 unspecified atom stereocenters. The van der Waals surface area contributed by atoms with Crippen molar-refractivity contribution >= 4 is 23.2 Å². The first kappa shape index (κ1) is 13.4. The number of imidazole rings is 1. The average Bonchev–Trinajstić information content (AvgIpc) is 3.12. The number of rotatable bonds is 4. The molecule has 0 bridgehead atoms. The summed E-state index contributed by atoms with van der Waals surface area (Å²) >= 11 is 1.56. The van der Waals surface area contributed by atoms with Gasteiger partial charge in [0.05, 0.1) is 5.54 Å². The number of nitrogens with two attached hydrogens (primary N) is 1. The van der Waals surface area contributed by atoms with Gasteiger partial charge in [-0.3, -0.25) is 4.57 Å². The highest BCUT2D eigenvalue weighted by atomic mass is 32.1. The number of aromatic nitrogens is 6. The van der Waals surface area contributed by atoms with Crippen molar-refractivity contribution in [3.05, 3.63) is 35.3 Å². The monoisotopic (exact) mass is 302 g/mol. The van der Waals surface area contributed by atoms with Gasteiger partial charge in [0.15, 0.2) is 0 Å². The Bertz CT molecular complexity index is 720. The molecule has 0 aromatic carbocycles. The number of nitrogens with zero attached hydrogens (tertiary/aromatic N) is 6. The van der Waals surface area contributed by atoms with Gasteiger partial charge in [-0.1, -0.05) is 0 Å². The quantitative estimate of drug-likeness (QED) is 0.750. The molecule has 3 N–H and O–H groups in total. The maximum atomic E-state index is 5.75. The van der Waals surface area contributed by atoms with Crippen LogP contribution in [0.4, 0.5) is 11.9 Å². The molecule has 8 nitrogen and oxygen atoms in total. The summed E-state index contributed by atoms with van der Waals surface area (Å²) in [5, 5.41) is 6.10. The predicted molar refractivity (Wildman–Crippen MR) is 80.1 cm³/mol. The van der Waals surface area contributed by atoms with E-state index >= 15 is 0 Å². The molecule has 0 saturated heterocycles. The van der Waals surface area contributed by atoms with Crippen molar-refractivity contribution in [1.29, 1.82) is 0 Å². The lowest BCUT2D eigenvalue weighted by atomic mass is 10.1. The van der Waals surface area contributed by atoms with Gasteiger partial charge >= 0.3 is 0 Å². The summed E-state index contributed by atoms with van der Waals surface area (Å²) in [6, 6.07) is 0. The van der Waals surface area contributed by atoms with Gasteiger partial charge in [0.2, 0.25) is 17.8 Å². The number of hydrogen-bond donors (Lipinski definition) is 2. The molecule has 108 valence electrons. The molecule has 9 heteroatoms. The zero-order chi connectivity index (χ0) is 14.9. The molecule has 0 fully saturated rings. The molecular weight excluding hydrogens is 288 g/mol. The van der Waals surface area contributed by atoms with Crippen LogP contribution in [0.2, 0.25) is 0 Å². The van der Waals surface area contributed by atoms with Gasteiger partial charge in [0, 0.05) is 24.0 Å².